The number of nitrogens with two attached hydrogens (primary N) is 1. The van der Waals surface area contributed by atoms with E-state index in [-0.39, 0.29) is 18.0 Å². The van der Waals surface area contributed by atoms with E-state index < -0.39 is 0 Å². The zero-order valence-corrected chi connectivity index (χ0v) is 10.0. The van der Waals surface area contributed by atoms with Crippen molar-refractivity contribution in [2.24, 2.45) is 5.73 Å². The van der Waals surface area contributed by atoms with Gasteiger partial charge in [-0.25, -0.2) is 4.98 Å². The van der Waals surface area contributed by atoms with E-state index in [4.69, 9.17) is 5.73 Å². The molecule has 1 aromatic rings. The summed E-state index contributed by atoms with van der Waals surface area (Å²) in [4.78, 5) is 18.2. The SMILES string of the molecule is CCn1cncc1C1C(N)CC(=O)N1C1CC1. The molecule has 5 heteroatoms. The zero-order valence-electron chi connectivity index (χ0n) is 10.0. The number of carbonyl (C=O) groups excluding carboxylic acids is 1. The Bertz CT molecular complexity index is 437. The van der Waals surface area contributed by atoms with Crippen LogP contribution in [-0.4, -0.2) is 32.4 Å². The number of hydrogen-bond acceptors (Lipinski definition) is 3. The van der Waals surface area contributed by atoms with Crippen molar-refractivity contribution < 1.29 is 4.79 Å². The van der Waals surface area contributed by atoms with Gasteiger partial charge in [0.05, 0.1) is 24.3 Å². The lowest BCUT2D eigenvalue weighted by Gasteiger charge is -2.27. The molecule has 5 nitrogen and oxygen atoms in total. The van der Waals surface area contributed by atoms with Crippen molar-refractivity contribution in [2.75, 3.05) is 0 Å². The van der Waals surface area contributed by atoms with Gasteiger partial charge >= 0.3 is 0 Å². The fourth-order valence-electron chi connectivity index (χ4n) is 2.77. The van der Waals surface area contributed by atoms with Gasteiger partial charge in [-0.1, -0.05) is 0 Å². The molecule has 2 N–H and O–H groups in total. The monoisotopic (exact) mass is 234 g/mol. The normalized spacial score (nSPS) is 29.1. The number of imidazole rings is 1. The zero-order chi connectivity index (χ0) is 12.0. The molecule has 0 bridgehead atoms. The van der Waals surface area contributed by atoms with Crippen molar-refractivity contribution in [3.8, 4) is 0 Å². The lowest BCUT2D eigenvalue weighted by molar-refractivity contribution is -0.129. The van der Waals surface area contributed by atoms with Crippen LogP contribution in [0, 0.1) is 0 Å². The van der Waals surface area contributed by atoms with E-state index in [0.717, 1.165) is 25.1 Å². The van der Waals surface area contributed by atoms with Gasteiger partial charge in [0.2, 0.25) is 5.91 Å². The molecule has 2 heterocycles. The van der Waals surface area contributed by atoms with Crippen LogP contribution in [0.1, 0.15) is 37.9 Å². The Balaban J connectivity index is 1.96. The molecule has 2 atom stereocenters. The minimum absolute atomic E-state index is 0.0254. The lowest BCUT2D eigenvalue weighted by atomic mass is 10.1. The average Bonchev–Trinajstić information content (AvgIpc) is 2.94. The summed E-state index contributed by atoms with van der Waals surface area (Å²) in [5, 5.41) is 0. The maximum Gasteiger partial charge on any atom is 0.225 e. The molecule has 3 rings (SSSR count). The van der Waals surface area contributed by atoms with Crippen LogP contribution in [0.25, 0.3) is 0 Å². The van der Waals surface area contributed by atoms with E-state index in [1.807, 2.05) is 17.4 Å². The molecular formula is C12H18N4O. The highest BCUT2D eigenvalue weighted by molar-refractivity contribution is 5.81. The molecule has 1 amide bonds. The van der Waals surface area contributed by atoms with E-state index in [9.17, 15) is 4.79 Å². The minimum atomic E-state index is -0.0925. The Morgan fingerprint density at radius 1 is 1.53 bits per heavy atom. The molecule has 2 aliphatic rings. The van der Waals surface area contributed by atoms with Crippen LogP contribution in [0.3, 0.4) is 0 Å². The summed E-state index contributed by atoms with van der Waals surface area (Å²) >= 11 is 0. The molecule has 1 saturated carbocycles. The van der Waals surface area contributed by atoms with Crippen molar-refractivity contribution in [2.45, 2.75) is 50.9 Å². The number of carbonyl (C=O) groups is 1. The molecular weight excluding hydrogens is 216 g/mol. The number of nitrogens with zero attached hydrogens (tertiary/aromatic N) is 3. The molecule has 2 fully saturated rings. The van der Waals surface area contributed by atoms with Crippen molar-refractivity contribution in [1.29, 1.82) is 0 Å². The molecule has 0 spiro atoms. The molecule has 1 aliphatic heterocycles. The van der Waals surface area contributed by atoms with Gasteiger partial charge < -0.3 is 15.2 Å². The van der Waals surface area contributed by atoms with Gasteiger partial charge in [0, 0.05) is 25.0 Å². The topological polar surface area (TPSA) is 64.2 Å². The van der Waals surface area contributed by atoms with Gasteiger partial charge in [-0.15, -0.1) is 0 Å². The Labute approximate surface area is 101 Å². The maximum absolute atomic E-state index is 12.0. The van der Waals surface area contributed by atoms with E-state index in [1.165, 1.54) is 0 Å². The summed E-state index contributed by atoms with van der Waals surface area (Å²) in [6.07, 6.45) is 6.37. The van der Waals surface area contributed by atoms with Crippen LogP contribution in [0.2, 0.25) is 0 Å². The first-order valence-electron chi connectivity index (χ1n) is 6.29. The second kappa shape index (κ2) is 3.84. The predicted octanol–water partition coefficient (Wildman–Crippen LogP) is 0.666. The average molecular weight is 234 g/mol. The van der Waals surface area contributed by atoms with Crippen molar-refractivity contribution >= 4 is 5.91 Å². The molecule has 1 aliphatic carbocycles. The Kier molecular flexibility index (Phi) is 2.43. The first kappa shape index (κ1) is 10.8. The molecule has 0 aromatic carbocycles. The number of aromatic nitrogens is 2. The molecule has 1 aromatic heterocycles. The first-order chi connectivity index (χ1) is 8.22. The smallest absolute Gasteiger partial charge is 0.225 e. The fourth-order valence-corrected chi connectivity index (χ4v) is 2.77. The van der Waals surface area contributed by atoms with E-state index in [1.54, 1.807) is 0 Å². The second-order valence-electron chi connectivity index (χ2n) is 4.95. The van der Waals surface area contributed by atoms with Gasteiger partial charge in [-0.2, -0.15) is 0 Å². The van der Waals surface area contributed by atoms with E-state index in [0.29, 0.717) is 12.5 Å². The largest absolute Gasteiger partial charge is 0.333 e. The predicted molar refractivity (Wildman–Crippen MR) is 63.1 cm³/mol. The summed E-state index contributed by atoms with van der Waals surface area (Å²) in [5.41, 5.74) is 7.22. The Morgan fingerprint density at radius 2 is 2.29 bits per heavy atom. The van der Waals surface area contributed by atoms with Crippen molar-refractivity contribution in [3.63, 3.8) is 0 Å². The van der Waals surface area contributed by atoms with Gasteiger partial charge in [0.25, 0.3) is 0 Å². The number of amides is 1. The summed E-state index contributed by atoms with van der Waals surface area (Å²) in [6.45, 7) is 2.94. The molecule has 92 valence electrons. The maximum atomic E-state index is 12.0. The minimum Gasteiger partial charge on any atom is -0.333 e. The fraction of sp³-hybridized carbons (Fsp3) is 0.667. The van der Waals surface area contributed by atoms with Crippen LogP contribution in [-0.2, 0) is 11.3 Å². The standard InChI is InChI=1S/C12H18N4O/c1-2-15-7-14-6-10(15)12-9(13)5-11(17)16(12)8-3-4-8/h6-9,12H,2-5,13H2,1H3. The second-order valence-corrected chi connectivity index (χ2v) is 4.95. The Morgan fingerprint density at radius 3 is 2.94 bits per heavy atom. The first-order valence-corrected chi connectivity index (χ1v) is 6.29. The number of hydrogen-bond donors (Lipinski definition) is 1. The quantitative estimate of drug-likeness (QED) is 0.836. The van der Waals surface area contributed by atoms with Crippen LogP contribution in [0.5, 0.6) is 0 Å². The van der Waals surface area contributed by atoms with E-state index >= 15 is 0 Å². The van der Waals surface area contributed by atoms with Crippen molar-refractivity contribution in [1.82, 2.24) is 14.5 Å². The molecule has 1 saturated heterocycles. The van der Waals surface area contributed by atoms with Crippen molar-refractivity contribution in [3.05, 3.63) is 18.2 Å². The molecule has 0 radical (unpaired) electrons. The van der Waals surface area contributed by atoms with Gasteiger partial charge in [-0.3, -0.25) is 4.79 Å². The Hall–Kier alpha value is -1.36. The lowest BCUT2D eigenvalue weighted by Crippen LogP contribution is -2.35. The highest BCUT2D eigenvalue weighted by atomic mass is 16.2. The van der Waals surface area contributed by atoms with Gasteiger partial charge in [0.15, 0.2) is 0 Å². The van der Waals surface area contributed by atoms with Gasteiger partial charge in [-0.05, 0) is 19.8 Å². The van der Waals surface area contributed by atoms with Crippen LogP contribution < -0.4 is 5.73 Å². The highest BCUT2D eigenvalue weighted by Crippen LogP contribution is 2.40. The summed E-state index contributed by atoms with van der Waals surface area (Å²) in [6, 6.07) is 0.351. The number of rotatable bonds is 3. The molecule has 2 unspecified atom stereocenters. The van der Waals surface area contributed by atoms with Crippen LogP contribution in [0.15, 0.2) is 12.5 Å². The number of aryl methyl sites for hydroxylation is 1. The third-order valence-electron chi connectivity index (χ3n) is 3.73. The van der Waals surface area contributed by atoms with E-state index in [2.05, 4.69) is 16.5 Å². The number of likely N-dealkylation sites (tertiary alicyclic amines) is 1. The third kappa shape index (κ3) is 1.65. The van der Waals surface area contributed by atoms with Crippen LogP contribution >= 0.6 is 0 Å². The van der Waals surface area contributed by atoms with Gasteiger partial charge in [0.1, 0.15) is 0 Å². The summed E-state index contributed by atoms with van der Waals surface area (Å²) < 4.78 is 2.08. The highest BCUT2D eigenvalue weighted by Gasteiger charge is 2.46. The summed E-state index contributed by atoms with van der Waals surface area (Å²) in [7, 11) is 0. The third-order valence-corrected chi connectivity index (χ3v) is 3.73. The molecule has 17 heavy (non-hydrogen) atoms. The summed E-state index contributed by atoms with van der Waals surface area (Å²) in [5.74, 6) is 0.203. The van der Waals surface area contributed by atoms with Crippen LogP contribution in [0.4, 0.5) is 0 Å².